The van der Waals surface area contributed by atoms with Gasteiger partial charge in [0.05, 0.1) is 21.2 Å². The summed E-state index contributed by atoms with van der Waals surface area (Å²) in [6.07, 6.45) is 0.582. The lowest BCUT2D eigenvalue weighted by Gasteiger charge is -2.25. The van der Waals surface area contributed by atoms with E-state index in [4.69, 9.17) is 28.9 Å². The summed E-state index contributed by atoms with van der Waals surface area (Å²) in [6.45, 7) is 5.82. The van der Waals surface area contributed by atoms with Crippen LogP contribution < -0.4 is 11.1 Å². The minimum absolute atomic E-state index is 0.132. The molecule has 0 saturated heterocycles. The summed E-state index contributed by atoms with van der Waals surface area (Å²) in [7, 11) is 0. The number of aliphatic hydroxyl groups is 1. The predicted molar refractivity (Wildman–Crippen MR) is 83.3 cm³/mol. The minimum atomic E-state index is -0.972. The van der Waals surface area contributed by atoms with Gasteiger partial charge in [-0.25, -0.2) is 0 Å². The Kier molecular flexibility index (Phi) is 5.68. The number of nitrogen functional groups attached to an aromatic ring is 1. The number of hydrogen-bond donors (Lipinski definition) is 3. The van der Waals surface area contributed by atoms with Crippen LogP contribution in [0.15, 0.2) is 12.1 Å². The van der Waals surface area contributed by atoms with Crippen LogP contribution in [0.5, 0.6) is 0 Å². The molecule has 1 aromatic carbocycles. The first-order valence-electron chi connectivity index (χ1n) is 6.37. The van der Waals surface area contributed by atoms with Crippen molar-refractivity contribution in [3.63, 3.8) is 0 Å². The van der Waals surface area contributed by atoms with Crippen LogP contribution in [0, 0.1) is 5.92 Å². The predicted octanol–water partition coefficient (Wildman–Crippen LogP) is 3.10. The van der Waals surface area contributed by atoms with Crippen LogP contribution in [-0.4, -0.2) is 23.2 Å². The van der Waals surface area contributed by atoms with Gasteiger partial charge in [0.2, 0.25) is 0 Å². The molecule has 0 radical (unpaired) electrons. The molecule has 0 heterocycles. The fourth-order valence-corrected chi connectivity index (χ4v) is 2.52. The highest BCUT2D eigenvalue weighted by molar-refractivity contribution is 6.44. The summed E-state index contributed by atoms with van der Waals surface area (Å²) in [5.41, 5.74) is 5.23. The normalized spacial score (nSPS) is 14.2. The molecule has 0 fully saturated rings. The van der Waals surface area contributed by atoms with Crippen molar-refractivity contribution in [3.8, 4) is 0 Å². The third-order valence-corrected chi connectivity index (χ3v) is 3.57. The molecule has 1 atom stereocenters. The fourth-order valence-electron chi connectivity index (χ4n) is 2.09. The SMILES string of the molecule is CC(C)CC(C)(O)CNC(=O)c1cc(N)cc(Cl)c1Cl. The van der Waals surface area contributed by atoms with Crippen LogP contribution in [0.1, 0.15) is 37.6 Å². The molecule has 1 aromatic rings. The van der Waals surface area contributed by atoms with Crippen molar-refractivity contribution in [2.75, 3.05) is 12.3 Å². The van der Waals surface area contributed by atoms with E-state index in [1.807, 2.05) is 13.8 Å². The van der Waals surface area contributed by atoms with Crippen LogP contribution in [0.2, 0.25) is 10.0 Å². The Bertz CT molecular complexity index is 502. The van der Waals surface area contributed by atoms with Crippen molar-refractivity contribution in [1.82, 2.24) is 5.32 Å². The molecule has 112 valence electrons. The zero-order chi connectivity index (χ0) is 15.5. The van der Waals surface area contributed by atoms with Gasteiger partial charge in [-0.1, -0.05) is 37.0 Å². The Morgan fingerprint density at radius 2 is 2.05 bits per heavy atom. The molecule has 0 aromatic heterocycles. The zero-order valence-electron chi connectivity index (χ0n) is 11.8. The van der Waals surface area contributed by atoms with E-state index in [1.54, 1.807) is 6.92 Å². The average molecular weight is 319 g/mol. The van der Waals surface area contributed by atoms with E-state index >= 15 is 0 Å². The van der Waals surface area contributed by atoms with Gasteiger partial charge in [-0.05, 0) is 31.4 Å². The Morgan fingerprint density at radius 3 is 2.60 bits per heavy atom. The van der Waals surface area contributed by atoms with Crippen molar-refractivity contribution in [2.24, 2.45) is 5.92 Å². The quantitative estimate of drug-likeness (QED) is 0.730. The molecule has 0 aliphatic heterocycles. The van der Waals surface area contributed by atoms with Crippen molar-refractivity contribution < 1.29 is 9.90 Å². The van der Waals surface area contributed by atoms with Gasteiger partial charge in [0.15, 0.2) is 0 Å². The summed E-state index contributed by atoms with van der Waals surface area (Å²) in [4.78, 5) is 12.1. The third kappa shape index (κ3) is 4.85. The molecule has 1 amide bonds. The minimum Gasteiger partial charge on any atom is -0.399 e. The molecule has 0 aliphatic carbocycles. The highest BCUT2D eigenvalue weighted by atomic mass is 35.5. The lowest BCUT2D eigenvalue weighted by molar-refractivity contribution is 0.0368. The number of halogens is 2. The lowest BCUT2D eigenvalue weighted by atomic mass is 9.94. The average Bonchev–Trinajstić information content (AvgIpc) is 2.29. The molecule has 0 saturated carbocycles. The molecule has 4 N–H and O–H groups in total. The summed E-state index contributed by atoms with van der Waals surface area (Å²) in [5.74, 6) is -0.0828. The number of amides is 1. The second-order valence-corrected chi connectivity index (χ2v) is 6.43. The second kappa shape index (κ2) is 6.66. The van der Waals surface area contributed by atoms with E-state index in [2.05, 4.69) is 5.32 Å². The molecule has 1 unspecified atom stereocenters. The van der Waals surface area contributed by atoms with E-state index in [-0.39, 0.29) is 22.2 Å². The largest absolute Gasteiger partial charge is 0.399 e. The molecule has 0 aliphatic rings. The molecular formula is C14H20Cl2N2O2. The summed E-state index contributed by atoms with van der Waals surface area (Å²) in [5, 5.41) is 13.2. The van der Waals surface area contributed by atoms with Crippen LogP contribution >= 0.6 is 23.2 Å². The molecule has 20 heavy (non-hydrogen) atoms. The van der Waals surface area contributed by atoms with Crippen LogP contribution in [0.3, 0.4) is 0 Å². The number of hydrogen-bond acceptors (Lipinski definition) is 3. The summed E-state index contributed by atoms with van der Waals surface area (Å²) < 4.78 is 0. The van der Waals surface area contributed by atoms with Gasteiger partial charge in [0.25, 0.3) is 5.91 Å². The van der Waals surface area contributed by atoms with Gasteiger partial charge in [0.1, 0.15) is 0 Å². The number of benzene rings is 1. The first kappa shape index (κ1) is 17.1. The van der Waals surface area contributed by atoms with Crippen molar-refractivity contribution in [2.45, 2.75) is 32.8 Å². The number of rotatable bonds is 5. The summed E-state index contributed by atoms with van der Waals surface area (Å²) >= 11 is 11.9. The zero-order valence-corrected chi connectivity index (χ0v) is 13.3. The Labute approximate surface area is 129 Å². The van der Waals surface area contributed by atoms with Crippen LogP contribution in [0.4, 0.5) is 5.69 Å². The van der Waals surface area contributed by atoms with Crippen molar-refractivity contribution in [1.29, 1.82) is 0 Å². The van der Waals surface area contributed by atoms with Gasteiger partial charge < -0.3 is 16.2 Å². The van der Waals surface area contributed by atoms with E-state index in [0.29, 0.717) is 18.0 Å². The maximum absolute atomic E-state index is 12.1. The standard InChI is InChI=1S/C14H20Cl2N2O2/c1-8(2)6-14(3,20)7-18-13(19)10-4-9(17)5-11(15)12(10)16/h4-5,8,20H,6-7,17H2,1-3H3,(H,18,19). The molecule has 4 nitrogen and oxygen atoms in total. The monoisotopic (exact) mass is 318 g/mol. The molecule has 0 bridgehead atoms. The molecule has 0 spiro atoms. The Hall–Kier alpha value is -0.970. The first-order valence-corrected chi connectivity index (χ1v) is 7.13. The number of carbonyl (C=O) groups is 1. The van der Waals surface area contributed by atoms with Gasteiger partial charge in [0, 0.05) is 12.2 Å². The van der Waals surface area contributed by atoms with Gasteiger partial charge >= 0.3 is 0 Å². The molecule has 6 heteroatoms. The van der Waals surface area contributed by atoms with E-state index in [1.165, 1.54) is 12.1 Å². The molecule has 1 rings (SSSR count). The van der Waals surface area contributed by atoms with E-state index < -0.39 is 11.5 Å². The molecular weight excluding hydrogens is 299 g/mol. The Balaban J connectivity index is 2.78. The van der Waals surface area contributed by atoms with Gasteiger partial charge in [-0.2, -0.15) is 0 Å². The fraction of sp³-hybridized carbons (Fsp3) is 0.500. The maximum Gasteiger partial charge on any atom is 0.253 e. The first-order chi connectivity index (χ1) is 9.12. The lowest BCUT2D eigenvalue weighted by Crippen LogP contribution is -2.41. The number of nitrogens with two attached hydrogens (primary N) is 1. The second-order valence-electron chi connectivity index (χ2n) is 5.64. The van der Waals surface area contributed by atoms with Crippen LogP contribution in [-0.2, 0) is 0 Å². The van der Waals surface area contributed by atoms with Crippen molar-refractivity contribution in [3.05, 3.63) is 27.7 Å². The highest BCUT2D eigenvalue weighted by Crippen LogP contribution is 2.28. The van der Waals surface area contributed by atoms with E-state index in [9.17, 15) is 9.90 Å². The smallest absolute Gasteiger partial charge is 0.253 e. The van der Waals surface area contributed by atoms with E-state index in [0.717, 1.165) is 0 Å². The van der Waals surface area contributed by atoms with Crippen LogP contribution in [0.25, 0.3) is 0 Å². The van der Waals surface area contributed by atoms with Gasteiger partial charge in [-0.15, -0.1) is 0 Å². The maximum atomic E-state index is 12.1. The van der Waals surface area contributed by atoms with Crippen molar-refractivity contribution >= 4 is 34.8 Å². The highest BCUT2D eigenvalue weighted by Gasteiger charge is 2.23. The topological polar surface area (TPSA) is 75.3 Å². The number of carbonyl (C=O) groups excluding carboxylic acids is 1. The third-order valence-electron chi connectivity index (χ3n) is 2.77. The summed E-state index contributed by atoms with van der Waals surface area (Å²) in [6, 6.07) is 2.94. The number of anilines is 1. The number of nitrogens with one attached hydrogen (secondary N) is 1. The Morgan fingerprint density at radius 1 is 1.45 bits per heavy atom. The van der Waals surface area contributed by atoms with Gasteiger partial charge in [-0.3, -0.25) is 4.79 Å².